The molecule has 3 nitrogen and oxygen atoms in total. The maximum atomic E-state index is 6.66. The molecule has 0 aliphatic heterocycles. The Morgan fingerprint density at radius 3 is 1.57 bits per heavy atom. The van der Waals surface area contributed by atoms with Crippen molar-refractivity contribution in [1.29, 1.82) is 0 Å². The molecule has 0 unspecified atom stereocenters. The van der Waals surface area contributed by atoms with Gasteiger partial charge in [0.25, 0.3) is 0 Å². The second-order valence-electron chi connectivity index (χ2n) is 15.2. The van der Waals surface area contributed by atoms with Gasteiger partial charge in [0.2, 0.25) is 0 Å². The Bertz CT molecular complexity index is 3470. The van der Waals surface area contributed by atoms with E-state index in [0.717, 1.165) is 49.7 Å². The molecule has 3 aromatic heterocycles. The molecule has 0 saturated carbocycles. The van der Waals surface area contributed by atoms with E-state index in [-0.39, 0.29) is 0 Å². The van der Waals surface area contributed by atoms with Gasteiger partial charge in [0.1, 0.15) is 11.2 Å². The summed E-state index contributed by atoms with van der Waals surface area (Å²) in [6.45, 7) is 0. The van der Waals surface area contributed by atoms with Gasteiger partial charge in [-0.25, -0.2) is 0 Å². The highest BCUT2D eigenvalue weighted by Crippen LogP contribution is 2.40. The lowest BCUT2D eigenvalue weighted by atomic mass is 10.1. The first-order chi connectivity index (χ1) is 28.8. The first kappa shape index (κ1) is 32.8. The minimum absolute atomic E-state index is 0.911. The SMILES string of the molecule is c1ccc(-n2c3ccccc3c3ccc([Si](c4ccccc4)(c4ccccc4)c4cccc(-n5c6ccccc6c6c7oc8ccccc8c7ccc65)c4)cc32)cc1. The molecule has 4 heteroatoms. The number of furan rings is 1. The van der Waals surface area contributed by atoms with Crippen LogP contribution >= 0.6 is 0 Å². The maximum Gasteiger partial charge on any atom is 0.179 e. The van der Waals surface area contributed by atoms with Crippen LogP contribution in [0.1, 0.15) is 0 Å². The zero-order chi connectivity index (χ0) is 38.2. The summed E-state index contributed by atoms with van der Waals surface area (Å²) in [6, 6.07) is 80.4. The molecule has 0 aliphatic carbocycles. The van der Waals surface area contributed by atoms with Crippen LogP contribution in [0.3, 0.4) is 0 Å². The Labute approximate surface area is 336 Å². The fourth-order valence-electron chi connectivity index (χ4n) is 9.83. The Morgan fingerprint density at radius 1 is 0.310 bits per heavy atom. The molecular formula is C54H36N2OSi. The van der Waals surface area contributed by atoms with Crippen LogP contribution < -0.4 is 20.7 Å². The van der Waals surface area contributed by atoms with E-state index in [0.29, 0.717) is 0 Å². The van der Waals surface area contributed by atoms with Crippen molar-refractivity contribution in [2.75, 3.05) is 0 Å². The number of rotatable bonds is 6. The van der Waals surface area contributed by atoms with Crippen molar-refractivity contribution in [2.45, 2.75) is 0 Å². The fourth-order valence-corrected chi connectivity index (χ4v) is 14.6. The summed E-state index contributed by atoms with van der Waals surface area (Å²) < 4.78 is 11.5. The first-order valence-electron chi connectivity index (χ1n) is 19.9. The minimum atomic E-state index is -2.98. The predicted octanol–water partition coefficient (Wildman–Crippen LogP) is 11.2. The smallest absolute Gasteiger partial charge is 0.179 e. The largest absolute Gasteiger partial charge is 0.455 e. The van der Waals surface area contributed by atoms with Gasteiger partial charge in [-0.2, -0.15) is 0 Å². The summed E-state index contributed by atoms with van der Waals surface area (Å²) in [5.41, 5.74) is 8.83. The highest BCUT2D eigenvalue weighted by molar-refractivity contribution is 7.20. The van der Waals surface area contributed by atoms with E-state index < -0.39 is 8.07 Å². The van der Waals surface area contributed by atoms with Crippen molar-refractivity contribution in [2.24, 2.45) is 0 Å². The zero-order valence-corrected chi connectivity index (χ0v) is 32.6. The van der Waals surface area contributed by atoms with Gasteiger partial charge in [0.05, 0.1) is 27.5 Å². The van der Waals surface area contributed by atoms with Crippen LogP contribution in [0.2, 0.25) is 0 Å². The number of fused-ring (bicyclic) bond motifs is 10. The first-order valence-corrected chi connectivity index (χ1v) is 21.9. The third-order valence-electron chi connectivity index (χ3n) is 12.3. The summed E-state index contributed by atoms with van der Waals surface area (Å²) in [7, 11) is -2.98. The van der Waals surface area contributed by atoms with E-state index in [9.17, 15) is 0 Å². The molecular weight excluding hydrogens is 721 g/mol. The molecule has 0 fully saturated rings. The number of hydrogen-bond acceptors (Lipinski definition) is 1. The van der Waals surface area contributed by atoms with Gasteiger partial charge in [-0.05, 0) is 81.4 Å². The highest BCUT2D eigenvalue weighted by atomic mass is 28.3. The van der Waals surface area contributed by atoms with Crippen molar-refractivity contribution < 1.29 is 4.42 Å². The molecule has 0 radical (unpaired) electrons. The summed E-state index contributed by atoms with van der Waals surface area (Å²) in [4.78, 5) is 0. The van der Waals surface area contributed by atoms with Crippen LogP contribution in [0.15, 0.2) is 223 Å². The van der Waals surface area contributed by atoms with E-state index in [1.54, 1.807) is 0 Å². The van der Waals surface area contributed by atoms with Gasteiger partial charge in [0, 0.05) is 38.3 Å². The van der Waals surface area contributed by atoms with E-state index in [1.807, 2.05) is 6.07 Å². The minimum Gasteiger partial charge on any atom is -0.455 e. The average Bonchev–Trinajstić information content (AvgIpc) is 3.95. The molecule has 0 aliphatic rings. The van der Waals surface area contributed by atoms with Crippen molar-refractivity contribution in [3.8, 4) is 11.4 Å². The van der Waals surface area contributed by atoms with Gasteiger partial charge < -0.3 is 13.6 Å². The maximum absolute atomic E-state index is 6.66. The van der Waals surface area contributed by atoms with Crippen molar-refractivity contribution in [3.05, 3.63) is 218 Å². The summed E-state index contributed by atoms with van der Waals surface area (Å²) in [6.07, 6.45) is 0. The summed E-state index contributed by atoms with van der Waals surface area (Å²) in [5, 5.41) is 12.4. The molecule has 272 valence electrons. The number of benzene rings is 9. The molecule has 58 heavy (non-hydrogen) atoms. The number of para-hydroxylation sites is 4. The van der Waals surface area contributed by atoms with Crippen LogP contribution in [0.25, 0.3) is 76.9 Å². The van der Waals surface area contributed by atoms with Crippen molar-refractivity contribution in [3.63, 3.8) is 0 Å². The lowest BCUT2D eigenvalue weighted by molar-refractivity contribution is 0.673. The molecule has 3 heterocycles. The van der Waals surface area contributed by atoms with E-state index in [1.165, 1.54) is 47.9 Å². The molecule has 0 spiro atoms. The second-order valence-corrected chi connectivity index (χ2v) is 19.0. The Hall–Kier alpha value is -7.40. The van der Waals surface area contributed by atoms with Crippen molar-refractivity contribution in [1.82, 2.24) is 9.13 Å². The topological polar surface area (TPSA) is 23.0 Å². The molecule has 0 bridgehead atoms. The normalized spacial score (nSPS) is 12.1. The summed E-state index contributed by atoms with van der Waals surface area (Å²) >= 11 is 0. The van der Waals surface area contributed by atoms with E-state index in [4.69, 9.17) is 4.42 Å². The van der Waals surface area contributed by atoms with Crippen LogP contribution in [0.5, 0.6) is 0 Å². The third kappa shape index (κ3) is 4.67. The lowest BCUT2D eigenvalue weighted by Crippen LogP contribution is -2.74. The number of nitrogens with zero attached hydrogens (tertiary/aromatic N) is 2. The number of aromatic nitrogens is 2. The molecule has 0 atom stereocenters. The summed E-state index contributed by atoms with van der Waals surface area (Å²) in [5.74, 6) is 0. The quantitative estimate of drug-likeness (QED) is 0.122. The fraction of sp³-hybridized carbons (Fsp3) is 0. The molecule has 0 amide bonds. The highest BCUT2D eigenvalue weighted by Gasteiger charge is 2.42. The molecule has 9 aromatic carbocycles. The zero-order valence-electron chi connectivity index (χ0n) is 31.6. The van der Waals surface area contributed by atoms with Crippen LogP contribution in [0, 0.1) is 0 Å². The Morgan fingerprint density at radius 2 is 0.828 bits per heavy atom. The molecule has 12 rings (SSSR count). The van der Waals surface area contributed by atoms with E-state index in [2.05, 4.69) is 221 Å². The van der Waals surface area contributed by atoms with Crippen LogP contribution in [-0.4, -0.2) is 17.2 Å². The standard InChI is InChI=1S/C54H36N2OSi/c1-4-17-37(18-5-1)55-48-28-13-10-25-43(48)44-32-31-42(36-51(44)55)58(39-20-6-2-7-21-39,40-22-8-3-9-23-40)41-24-16-19-38(35-41)56-49-29-14-11-27-47(49)53-50(56)34-33-46-45-26-12-15-30-52(45)57-54(46)53/h1-36H. The predicted molar refractivity (Wildman–Crippen MR) is 246 cm³/mol. The van der Waals surface area contributed by atoms with Gasteiger partial charge >= 0.3 is 0 Å². The average molecular weight is 757 g/mol. The monoisotopic (exact) mass is 756 g/mol. The van der Waals surface area contributed by atoms with Gasteiger partial charge in [-0.1, -0.05) is 158 Å². The van der Waals surface area contributed by atoms with E-state index >= 15 is 0 Å². The van der Waals surface area contributed by atoms with Crippen LogP contribution in [0.4, 0.5) is 0 Å². The lowest BCUT2D eigenvalue weighted by Gasteiger charge is -2.35. The molecule has 0 N–H and O–H groups in total. The Balaban J connectivity index is 1.17. The van der Waals surface area contributed by atoms with Gasteiger partial charge in [-0.15, -0.1) is 0 Å². The van der Waals surface area contributed by atoms with Crippen molar-refractivity contribution >= 4 is 94.4 Å². The second kappa shape index (κ2) is 12.8. The Kier molecular flexibility index (Phi) is 7.25. The third-order valence-corrected chi connectivity index (χ3v) is 17.0. The van der Waals surface area contributed by atoms with Crippen LogP contribution in [-0.2, 0) is 0 Å². The molecule has 12 aromatic rings. The molecule has 0 saturated heterocycles. The van der Waals surface area contributed by atoms with Gasteiger partial charge in [-0.3, -0.25) is 0 Å². The van der Waals surface area contributed by atoms with Gasteiger partial charge in [0.15, 0.2) is 8.07 Å². The number of hydrogen-bond donors (Lipinski definition) is 0.